The van der Waals surface area contributed by atoms with Crippen LogP contribution in [-0.4, -0.2) is 12.6 Å². The number of carbonyl (C=O) groups is 1. The predicted octanol–water partition coefficient (Wildman–Crippen LogP) is 4.36. The zero-order valence-corrected chi connectivity index (χ0v) is 12.1. The lowest BCUT2D eigenvalue weighted by molar-refractivity contribution is -0.138. The molecule has 19 heavy (non-hydrogen) atoms. The van der Waals surface area contributed by atoms with Crippen molar-refractivity contribution in [3.63, 3.8) is 0 Å². The summed E-state index contributed by atoms with van der Waals surface area (Å²) in [7, 11) is 0. The summed E-state index contributed by atoms with van der Waals surface area (Å²) in [6.07, 6.45) is 0. The van der Waals surface area contributed by atoms with E-state index in [1.54, 1.807) is 11.3 Å². The molecule has 98 valence electrons. The number of hydrogen-bond donors (Lipinski definition) is 0. The summed E-state index contributed by atoms with van der Waals surface area (Å²) in [6, 6.07) is 8.39. The van der Waals surface area contributed by atoms with Crippen LogP contribution in [0, 0.1) is 0 Å². The molecule has 1 heterocycles. The molecular formula is C16H16O2S. The van der Waals surface area contributed by atoms with Gasteiger partial charge in [-0.15, -0.1) is 11.3 Å². The maximum absolute atomic E-state index is 12.1. The lowest BCUT2D eigenvalue weighted by Crippen LogP contribution is -2.10. The van der Waals surface area contributed by atoms with Crippen molar-refractivity contribution in [2.75, 3.05) is 6.61 Å². The third-order valence-corrected chi connectivity index (χ3v) is 5.08. The van der Waals surface area contributed by atoms with Crippen LogP contribution in [0.4, 0.5) is 0 Å². The van der Waals surface area contributed by atoms with Crippen LogP contribution < -0.4 is 0 Å². The fourth-order valence-corrected chi connectivity index (χ4v) is 4.21. The van der Waals surface area contributed by atoms with Crippen molar-refractivity contribution in [3.05, 3.63) is 40.3 Å². The topological polar surface area (TPSA) is 26.3 Å². The van der Waals surface area contributed by atoms with Crippen LogP contribution in [0.25, 0.3) is 15.7 Å². The maximum Gasteiger partial charge on any atom is 0.334 e. The number of ether oxygens (including phenoxy) is 1. The van der Waals surface area contributed by atoms with Gasteiger partial charge in [0.25, 0.3) is 0 Å². The molecule has 0 amide bonds. The van der Waals surface area contributed by atoms with E-state index in [0.29, 0.717) is 6.61 Å². The van der Waals surface area contributed by atoms with E-state index in [4.69, 9.17) is 4.74 Å². The highest BCUT2D eigenvalue weighted by Gasteiger charge is 2.34. The highest BCUT2D eigenvalue weighted by atomic mass is 32.1. The zero-order valence-electron chi connectivity index (χ0n) is 11.3. The van der Waals surface area contributed by atoms with Gasteiger partial charge >= 0.3 is 5.97 Å². The number of carbonyl (C=O) groups excluding carboxylic acids is 1. The lowest BCUT2D eigenvalue weighted by Gasteiger charge is -2.09. The molecular weight excluding hydrogens is 256 g/mol. The van der Waals surface area contributed by atoms with E-state index in [0.717, 1.165) is 11.1 Å². The Morgan fingerprint density at radius 2 is 2.11 bits per heavy atom. The molecule has 0 saturated carbocycles. The van der Waals surface area contributed by atoms with Crippen LogP contribution in [0.2, 0.25) is 0 Å². The first-order valence-corrected chi connectivity index (χ1v) is 7.36. The van der Waals surface area contributed by atoms with Gasteiger partial charge in [-0.05, 0) is 25.5 Å². The molecule has 0 saturated heterocycles. The minimum atomic E-state index is -0.167. The average Bonchev–Trinajstić information content (AvgIpc) is 2.87. The normalized spacial score (nSPS) is 17.9. The summed E-state index contributed by atoms with van der Waals surface area (Å²) in [4.78, 5) is 13.4. The first-order chi connectivity index (χ1) is 9.15. The molecule has 0 bridgehead atoms. The van der Waals surface area contributed by atoms with Crippen LogP contribution >= 0.6 is 11.3 Å². The van der Waals surface area contributed by atoms with Gasteiger partial charge in [-0.1, -0.05) is 25.1 Å². The molecule has 1 aliphatic rings. The van der Waals surface area contributed by atoms with Crippen LogP contribution in [0.15, 0.2) is 29.8 Å². The van der Waals surface area contributed by atoms with Gasteiger partial charge < -0.3 is 4.74 Å². The molecule has 0 fully saturated rings. The Kier molecular flexibility index (Phi) is 2.94. The Balaban J connectivity index is 2.19. The Bertz CT molecular complexity index is 694. The monoisotopic (exact) mass is 272 g/mol. The number of thiophene rings is 1. The number of rotatable bonds is 2. The smallest absolute Gasteiger partial charge is 0.334 e. The third-order valence-electron chi connectivity index (χ3n) is 3.72. The minimum Gasteiger partial charge on any atom is -0.463 e. The van der Waals surface area contributed by atoms with Crippen molar-refractivity contribution in [2.45, 2.75) is 26.7 Å². The van der Waals surface area contributed by atoms with E-state index < -0.39 is 0 Å². The quantitative estimate of drug-likeness (QED) is 0.759. The van der Waals surface area contributed by atoms with Gasteiger partial charge in [0, 0.05) is 32.0 Å². The third kappa shape index (κ3) is 1.72. The van der Waals surface area contributed by atoms with Gasteiger partial charge in [-0.3, -0.25) is 0 Å². The SMILES string of the molecule is CCOC(=O)C1=C(C)c2c(sc3ccccc23)C1C. The maximum atomic E-state index is 12.1. The summed E-state index contributed by atoms with van der Waals surface area (Å²) in [5, 5.41) is 1.26. The number of esters is 1. The van der Waals surface area contributed by atoms with E-state index in [1.807, 2.05) is 13.8 Å². The number of benzene rings is 1. The Morgan fingerprint density at radius 1 is 1.37 bits per heavy atom. The van der Waals surface area contributed by atoms with Crippen LogP contribution in [0.3, 0.4) is 0 Å². The first-order valence-electron chi connectivity index (χ1n) is 6.54. The van der Waals surface area contributed by atoms with Gasteiger partial charge in [0.15, 0.2) is 0 Å². The number of hydrogen-bond acceptors (Lipinski definition) is 3. The minimum absolute atomic E-state index is 0.145. The summed E-state index contributed by atoms with van der Waals surface area (Å²) in [5.74, 6) is -0.0218. The van der Waals surface area contributed by atoms with E-state index in [9.17, 15) is 4.79 Å². The second-order valence-electron chi connectivity index (χ2n) is 4.82. The van der Waals surface area contributed by atoms with Gasteiger partial charge in [0.2, 0.25) is 0 Å². The Labute approximate surface area is 116 Å². The number of allylic oxidation sites excluding steroid dienone is 1. The molecule has 2 aromatic rings. The fourth-order valence-electron chi connectivity index (χ4n) is 2.89. The molecule has 1 aromatic carbocycles. The van der Waals surface area contributed by atoms with Crippen molar-refractivity contribution >= 4 is 33.0 Å². The molecule has 3 rings (SSSR count). The predicted molar refractivity (Wildman–Crippen MR) is 79.5 cm³/mol. The van der Waals surface area contributed by atoms with Crippen molar-refractivity contribution < 1.29 is 9.53 Å². The Hall–Kier alpha value is -1.61. The summed E-state index contributed by atoms with van der Waals surface area (Å²) in [6.45, 7) is 6.40. The van der Waals surface area contributed by atoms with Crippen LogP contribution in [0.1, 0.15) is 37.1 Å². The van der Waals surface area contributed by atoms with Gasteiger partial charge in [0.1, 0.15) is 0 Å². The summed E-state index contributed by atoms with van der Waals surface area (Å²) >= 11 is 1.79. The van der Waals surface area contributed by atoms with Crippen molar-refractivity contribution in [2.24, 2.45) is 0 Å². The van der Waals surface area contributed by atoms with Gasteiger partial charge in [-0.2, -0.15) is 0 Å². The second kappa shape index (κ2) is 4.49. The van der Waals surface area contributed by atoms with Gasteiger partial charge in [-0.25, -0.2) is 4.79 Å². The van der Waals surface area contributed by atoms with Crippen LogP contribution in [-0.2, 0) is 9.53 Å². The van der Waals surface area contributed by atoms with Gasteiger partial charge in [0.05, 0.1) is 6.61 Å². The molecule has 0 radical (unpaired) electrons. The van der Waals surface area contributed by atoms with Crippen molar-refractivity contribution in [1.29, 1.82) is 0 Å². The fraction of sp³-hybridized carbons (Fsp3) is 0.312. The lowest BCUT2D eigenvalue weighted by atomic mass is 10.0. The van der Waals surface area contributed by atoms with Crippen molar-refractivity contribution in [3.8, 4) is 0 Å². The zero-order chi connectivity index (χ0) is 13.6. The van der Waals surface area contributed by atoms with E-state index in [1.165, 1.54) is 20.5 Å². The van der Waals surface area contributed by atoms with Crippen LogP contribution in [0.5, 0.6) is 0 Å². The molecule has 1 unspecified atom stereocenters. The molecule has 1 aliphatic carbocycles. The average molecular weight is 272 g/mol. The highest BCUT2D eigenvalue weighted by Crippen LogP contribution is 2.49. The first kappa shape index (κ1) is 12.4. The molecule has 0 aliphatic heterocycles. The highest BCUT2D eigenvalue weighted by molar-refractivity contribution is 7.19. The Morgan fingerprint density at radius 3 is 2.84 bits per heavy atom. The van der Waals surface area contributed by atoms with E-state index >= 15 is 0 Å². The molecule has 0 N–H and O–H groups in total. The molecule has 1 atom stereocenters. The van der Waals surface area contributed by atoms with E-state index in [-0.39, 0.29) is 11.9 Å². The molecule has 0 spiro atoms. The summed E-state index contributed by atoms with van der Waals surface area (Å²) in [5.41, 5.74) is 3.16. The largest absolute Gasteiger partial charge is 0.463 e. The van der Waals surface area contributed by atoms with Crippen molar-refractivity contribution in [1.82, 2.24) is 0 Å². The standard InChI is InChI=1S/C16H16O2S/c1-4-18-16(17)13-9(2)14-11-7-5-6-8-12(11)19-15(14)10(13)3/h5-8,10H,4H2,1-3H3. The summed E-state index contributed by atoms with van der Waals surface area (Å²) < 4.78 is 6.48. The molecule has 2 nitrogen and oxygen atoms in total. The second-order valence-corrected chi connectivity index (χ2v) is 5.90. The number of fused-ring (bicyclic) bond motifs is 3. The molecule has 1 aromatic heterocycles. The molecule has 3 heteroatoms. The van der Waals surface area contributed by atoms with E-state index in [2.05, 4.69) is 31.2 Å².